The van der Waals surface area contributed by atoms with Gasteiger partial charge in [-0.25, -0.2) is 0 Å². The third-order valence-electron chi connectivity index (χ3n) is 7.17. The normalized spacial score (nSPS) is 17.5. The van der Waals surface area contributed by atoms with Gasteiger partial charge in [-0.05, 0) is 90.7 Å². The molecule has 0 radical (unpaired) electrons. The molecule has 1 aromatic heterocycles. The Morgan fingerprint density at radius 2 is 1.91 bits per heavy atom. The Morgan fingerprint density at radius 3 is 2.55 bits per heavy atom. The number of nitrogens with one attached hydrogen (secondary N) is 2. The number of aryl methyl sites for hydroxylation is 3. The van der Waals surface area contributed by atoms with E-state index in [-0.39, 0.29) is 0 Å². The van der Waals surface area contributed by atoms with E-state index in [1.807, 2.05) is 7.05 Å². The number of hydrogen-bond acceptors (Lipinski definition) is 3. The van der Waals surface area contributed by atoms with E-state index >= 15 is 0 Å². The number of rotatable bonds is 6. The van der Waals surface area contributed by atoms with Crippen molar-refractivity contribution in [1.29, 1.82) is 0 Å². The Bertz CT molecular complexity index is 1090. The molecule has 4 nitrogen and oxygen atoms in total. The lowest BCUT2D eigenvalue weighted by atomic mass is 9.96. The van der Waals surface area contributed by atoms with Crippen molar-refractivity contribution in [2.45, 2.75) is 66.0 Å². The second kappa shape index (κ2) is 10.3. The first-order valence-electron chi connectivity index (χ1n) is 12.6. The molecule has 0 aliphatic carbocycles. The molecular weight excluding hydrogens is 406 g/mol. The smallest absolute Gasteiger partial charge is 0.123 e. The highest BCUT2D eigenvalue weighted by Crippen LogP contribution is 2.31. The summed E-state index contributed by atoms with van der Waals surface area (Å²) in [5.41, 5.74) is 8.46. The zero-order chi connectivity index (χ0) is 23.5. The van der Waals surface area contributed by atoms with Crippen LogP contribution in [0.4, 0.5) is 0 Å². The average molecular weight is 448 g/mol. The summed E-state index contributed by atoms with van der Waals surface area (Å²) in [5, 5.41) is 7.89. The molecule has 1 atom stereocenters. The van der Waals surface area contributed by atoms with Gasteiger partial charge in [0.15, 0.2) is 0 Å². The third kappa shape index (κ3) is 5.28. The maximum Gasteiger partial charge on any atom is 0.123 e. The van der Waals surface area contributed by atoms with Gasteiger partial charge in [0.25, 0.3) is 0 Å². The highest BCUT2D eigenvalue weighted by Gasteiger charge is 2.23. The molecule has 33 heavy (non-hydrogen) atoms. The fourth-order valence-corrected chi connectivity index (χ4v) is 5.15. The largest absolute Gasteiger partial charge is 0.488 e. The van der Waals surface area contributed by atoms with Crippen molar-refractivity contribution < 1.29 is 4.74 Å². The molecule has 0 spiro atoms. The van der Waals surface area contributed by atoms with Crippen molar-refractivity contribution in [1.82, 2.24) is 15.2 Å². The predicted molar refractivity (Wildman–Crippen MR) is 140 cm³/mol. The van der Waals surface area contributed by atoms with E-state index in [2.05, 4.69) is 86.3 Å². The summed E-state index contributed by atoms with van der Waals surface area (Å²) in [6, 6.07) is 11.5. The van der Waals surface area contributed by atoms with Crippen LogP contribution in [-0.4, -0.2) is 37.4 Å². The van der Waals surface area contributed by atoms with Gasteiger partial charge in [-0.15, -0.1) is 0 Å². The van der Waals surface area contributed by atoms with Gasteiger partial charge < -0.3 is 19.9 Å². The summed E-state index contributed by atoms with van der Waals surface area (Å²) in [6.45, 7) is 15.6. The molecule has 5 rings (SSSR count). The zero-order valence-electron chi connectivity index (χ0n) is 21.3. The molecule has 0 amide bonds. The molecule has 3 heterocycles. The average Bonchev–Trinajstić information content (AvgIpc) is 3.32. The van der Waals surface area contributed by atoms with Gasteiger partial charge in [-0.1, -0.05) is 26.8 Å². The lowest BCUT2D eigenvalue weighted by molar-refractivity contribution is 0.231. The maximum absolute atomic E-state index is 5.88. The minimum absolute atomic E-state index is 0.316. The monoisotopic (exact) mass is 447 g/mol. The predicted octanol–water partition coefficient (Wildman–Crippen LogP) is 5.37. The number of ether oxygens (including phenoxy) is 1. The molecule has 2 N–H and O–H groups in total. The van der Waals surface area contributed by atoms with Crippen LogP contribution in [0.3, 0.4) is 0 Å². The van der Waals surface area contributed by atoms with E-state index < -0.39 is 0 Å². The van der Waals surface area contributed by atoms with Crippen LogP contribution in [-0.2, 0) is 19.4 Å². The van der Waals surface area contributed by atoms with Gasteiger partial charge in [-0.3, -0.25) is 0 Å². The van der Waals surface area contributed by atoms with Crippen LogP contribution in [0.1, 0.15) is 54.5 Å². The molecule has 2 aliphatic rings. The molecule has 0 bridgehead atoms. The summed E-state index contributed by atoms with van der Waals surface area (Å²) in [4.78, 5) is 0. The van der Waals surface area contributed by atoms with Crippen molar-refractivity contribution in [3.05, 3.63) is 64.3 Å². The van der Waals surface area contributed by atoms with Gasteiger partial charge >= 0.3 is 0 Å². The first-order chi connectivity index (χ1) is 15.9. The van der Waals surface area contributed by atoms with Gasteiger partial charge in [0.1, 0.15) is 11.9 Å². The molecule has 178 valence electrons. The molecule has 1 saturated heterocycles. The van der Waals surface area contributed by atoms with Crippen molar-refractivity contribution in [2.75, 3.05) is 26.7 Å². The van der Waals surface area contributed by atoms with Crippen LogP contribution in [0, 0.1) is 19.8 Å². The minimum Gasteiger partial charge on any atom is -0.488 e. The molecule has 4 heteroatoms. The van der Waals surface area contributed by atoms with Crippen LogP contribution >= 0.6 is 0 Å². The fourth-order valence-electron chi connectivity index (χ4n) is 5.15. The van der Waals surface area contributed by atoms with Crippen LogP contribution in [0.5, 0.6) is 5.75 Å². The van der Waals surface area contributed by atoms with E-state index in [0.29, 0.717) is 12.0 Å². The Kier molecular flexibility index (Phi) is 7.45. The quantitative estimate of drug-likeness (QED) is 0.533. The number of fused-ring (bicyclic) bond motifs is 2. The van der Waals surface area contributed by atoms with E-state index in [1.165, 1.54) is 51.8 Å². The van der Waals surface area contributed by atoms with Crippen LogP contribution in [0.15, 0.2) is 36.5 Å². The lowest BCUT2D eigenvalue weighted by Crippen LogP contribution is -2.44. The molecule has 1 fully saturated rings. The molecule has 2 aromatic carbocycles. The zero-order valence-corrected chi connectivity index (χ0v) is 21.3. The molecule has 2 aliphatic heterocycles. The number of benzene rings is 2. The first-order valence-corrected chi connectivity index (χ1v) is 12.6. The number of hydrogen-bond donors (Lipinski definition) is 2. The Morgan fingerprint density at radius 1 is 1.12 bits per heavy atom. The van der Waals surface area contributed by atoms with E-state index in [1.54, 1.807) is 0 Å². The lowest BCUT2D eigenvalue weighted by Gasteiger charge is -2.27. The Balaban J connectivity index is 0.000000160. The van der Waals surface area contributed by atoms with Gasteiger partial charge in [-0.2, -0.15) is 0 Å². The summed E-state index contributed by atoms with van der Waals surface area (Å²) in [6.07, 6.45) is 4.68. The molecule has 0 saturated carbocycles. The summed E-state index contributed by atoms with van der Waals surface area (Å²) >= 11 is 0. The summed E-state index contributed by atoms with van der Waals surface area (Å²) in [7, 11) is 1.97. The van der Waals surface area contributed by atoms with Gasteiger partial charge in [0, 0.05) is 50.2 Å². The standard InChI is InChI=1S/C16H22N2.C13H19NO/c1-11(2)15-7-16-14(6-12(15)3)4-5-18(16)10-13-8-17-9-13;1-4-10-7-13-11(5-9(10)2)6-12(15-13)8-14-3/h4-7,11,13,17H,8-10H2,1-3H3;5,7,12,14H,4,6,8H2,1-3H3. The Hall–Kier alpha value is -2.30. The highest BCUT2D eigenvalue weighted by molar-refractivity contribution is 5.82. The fraction of sp³-hybridized carbons (Fsp3) is 0.517. The molecular formula is C29H41N3O. The number of likely N-dealkylation sites (N-methyl/N-ethyl adjacent to an activating group) is 1. The van der Waals surface area contributed by atoms with Crippen LogP contribution in [0.2, 0.25) is 0 Å². The Labute approximate surface area is 199 Å². The number of nitrogens with zero attached hydrogens (tertiary/aromatic N) is 1. The first kappa shape index (κ1) is 23.8. The third-order valence-corrected chi connectivity index (χ3v) is 7.17. The minimum atomic E-state index is 0.316. The highest BCUT2D eigenvalue weighted by atomic mass is 16.5. The summed E-state index contributed by atoms with van der Waals surface area (Å²) in [5.74, 6) is 2.50. The maximum atomic E-state index is 5.88. The van der Waals surface area contributed by atoms with Crippen LogP contribution in [0.25, 0.3) is 10.9 Å². The SMILES string of the molecule is CCc1cc2c(cc1C)CC(CNC)O2.Cc1cc2ccn(CC3CNC3)c2cc1C(C)C. The van der Waals surface area contributed by atoms with E-state index in [9.17, 15) is 0 Å². The second-order valence-electron chi connectivity index (χ2n) is 10.2. The van der Waals surface area contributed by atoms with Gasteiger partial charge in [0.05, 0.1) is 0 Å². The molecule has 1 unspecified atom stereocenters. The molecule has 3 aromatic rings. The van der Waals surface area contributed by atoms with Gasteiger partial charge in [0.2, 0.25) is 0 Å². The topological polar surface area (TPSA) is 38.2 Å². The summed E-state index contributed by atoms with van der Waals surface area (Å²) < 4.78 is 8.31. The van der Waals surface area contributed by atoms with E-state index in [0.717, 1.165) is 37.6 Å². The van der Waals surface area contributed by atoms with Crippen molar-refractivity contribution in [3.63, 3.8) is 0 Å². The van der Waals surface area contributed by atoms with Crippen LogP contribution < -0.4 is 15.4 Å². The van der Waals surface area contributed by atoms with Crippen molar-refractivity contribution in [3.8, 4) is 5.75 Å². The second-order valence-corrected chi connectivity index (χ2v) is 10.2. The number of aromatic nitrogens is 1. The van der Waals surface area contributed by atoms with Crippen molar-refractivity contribution >= 4 is 10.9 Å². The van der Waals surface area contributed by atoms with Crippen molar-refractivity contribution in [2.24, 2.45) is 5.92 Å². The van der Waals surface area contributed by atoms with E-state index in [4.69, 9.17) is 4.74 Å².